The van der Waals surface area contributed by atoms with Crippen molar-refractivity contribution in [1.29, 1.82) is 0 Å². The first-order chi connectivity index (χ1) is 8.99. The lowest BCUT2D eigenvalue weighted by molar-refractivity contribution is -0.386. The average molecular weight is 279 g/mol. The summed E-state index contributed by atoms with van der Waals surface area (Å²) in [5, 5.41) is 12.7. The van der Waals surface area contributed by atoms with Crippen molar-refractivity contribution >= 4 is 29.2 Å². The molecule has 0 aromatic carbocycles. The Morgan fingerprint density at radius 2 is 2.05 bits per heavy atom. The molecule has 0 saturated carbocycles. The lowest BCUT2D eigenvalue weighted by atomic mass is 10.2. The van der Waals surface area contributed by atoms with E-state index >= 15 is 0 Å². The van der Waals surface area contributed by atoms with Crippen molar-refractivity contribution in [2.45, 2.75) is 6.92 Å². The second-order valence-electron chi connectivity index (χ2n) is 3.73. The molecule has 2 aromatic rings. The summed E-state index contributed by atoms with van der Waals surface area (Å²) in [6.45, 7) is 1.89. The zero-order valence-corrected chi connectivity index (χ0v) is 10.6. The molecule has 0 radical (unpaired) electrons. The van der Waals surface area contributed by atoms with E-state index in [1.165, 1.54) is 17.4 Å². The number of aromatic amines is 2. The molecule has 2 aromatic heterocycles. The molecular formula is C11H9N3O4S. The van der Waals surface area contributed by atoms with Crippen molar-refractivity contribution in [3.05, 3.63) is 58.5 Å². The van der Waals surface area contributed by atoms with Gasteiger partial charge in [0, 0.05) is 4.88 Å². The maximum absolute atomic E-state index is 11.4. The molecule has 0 saturated heterocycles. The van der Waals surface area contributed by atoms with E-state index in [1.807, 2.05) is 23.4 Å². The first-order valence-corrected chi connectivity index (χ1v) is 6.10. The Morgan fingerprint density at radius 1 is 1.32 bits per heavy atom. The third-order valence-electron chi connectivity index (χ3n) is 2.43. The van der Waals surface area contributed by atoms with Gasteiger partial charge in [0.2, 0.25) is 0 Å². The highest BCUT2D eigenvalue weighted by Crippen LogP contribution is 2.19. The minimum Gasteiger partial charge on any atom is -0.301 e. The van der Waals surface area contributed by atoms with Gasteiger partial charge < -0.3 is 4.98 Å². The van der Waals surface area contributed by atoms with Gasteiger partial charge in [-0.15, -0.1) is 11.3 Å². The molecule has 2 heterocycles. The molecule has 2 rings (SSSR count). The van der Waals surface area contributed by atoms with Crippen molar-refractivity contribution in [2.75, 3.05) is 0 Å². The predicted octanol–water partition coefficient (Wildman–Crippen LogP) is 1.51. The van der Waals surface area contributed by atoms with Gasteiger partial charge in [0.15, 0.2) is 0 Å². The van der Waals surface area contributed by atoms with E-state index in [9.17, 15) is 19.7 Å². The van der Waals surface area contributed by atoms with Crippen LogP contribution in [0.25, 0.3) is 12.2 Å². The van der Waals surface area contributed by atoms with Crippen molar-refractivity contribution in [2.24, 2.45) is 0 Å². The third kappa shape index (κ3) is 2.68. The van der Waals surface area contributed by atoms with E-state index in [4.69, 9.17) is 0 Å². The highest BCUT2D eigenvalue weighted by Gasteiger charge is 2.18. The Kier molecular flexibility index (Phi) is 3.43. The van der Waals surface area contributed by atoms with E-state index < -0.39 is 21.9 Å². The molecule has 19 heavy (non-hydrogen) atoms. The van der Waals surface area contributed by atoms with E-state index in [0.29, 0.717) is 0 Å². The Labute approximate surface area is 110 Å². The van der Waals surface area contributed by atoms with Gasteiger partial charge in [-0.05, 0) is 36.1 Å². The summed E-state index contributed by atoms with van der Waals surface area (Å²) in [7, 11) is 0. The fourth-order valence-electron chi connectivity index (χ4n) is 1.51. The van der Waals surface area contributed by atoms with Crippen molar-refractivity contribution < 1.29 is 4.92 Å². The predicted molar refractivity (Wildman–Crippen MR) is 72.3 cm³/mol. The van der Waals surface area contributed by atoms with Crippen LogP contribution in [-0.2, 0) is 0 Å². The molecule has 0 spiro atoms. The molecule has 7 nitrogen and oxygen atoms in total. The Morgan fingerprint density at radius 3 is 2.63 bits per heavy atom. The van der Waals surface area contributed by atoms with Gasteiger partial charge in [0.25, 0.3) is 0 Å². The van der Waals surface area contributed by atoms with Crippen LogP contribution >= 0.6 is 11.3 Å². The van der Waals surface area contributed by atoms with Gasteiger partial charge in [-0.25, -0.2) is 4.79 Å². The molecule has 0 aliphatic rings. The van der Waals surface area contributed by atoms with Crippen molar-refractivity contribution in [3.63, 3.8) is 0 Å². The van der Waals surface area contributed by atoms with Crippen molar-refractivity contribution in [3.8, 4) is 0 Å². The summed E-state index contributed by atoms with van der Waals surface area (Å²) in [6, 6.07) is 1.90. The minimum atomic E-state index is -1.02. The van der Waals surface area contributed by atoms with Crippen LogP contribution in [-0.4, -0.2) is 14.9 Å². The SMILES string of the molecule is Cc1ccsc1/C=C/c1[nH]c(=O)[nH]c(=O)c1[N+](=O)[O-]. The second-order valence-corrected chi connectivity index (χ2v) is 4.68. The van der Waals surface area contributed by atoms with Crippen LogP contribution in [0.3, 0.4) is 0 Å². The number of aryl methyl sites for hydroxylation is 1. The minimum absolute atomic E-state index is 0.119. The molecule has 0 fully saturated rings. The van der Waals surface area contributed by atoms with Crippen LogP contribution in [0.4, 0.5) is 5.69 Å². The number of rotatable bonds is 3. The van der Waals surface area contributed by atoms with Crippen LogP contribution in [0.5, 0.6) is 0 Å². The first-order valence-electron chi connectivity index (χ1n) is 5.22. The number of hydrogen-bond donors (Lipinski definition) is 2. The molecule has 0 bridgehead atoms. The van der Waals surface area contributed by atoms with E-state index in [1.54, 1.807) is 6.08 Å². The highest BCUT2D eigenvalue weighted by molar-refractivity contribution is 7.11. The highest BCUT2D eigenvalue weighted by atomic mass is 32.1. The summed E-state index contributed by atoms with van der Waals surface area (Å²) >= 11 is 1.46. The summed E-state index contributed by atoms with van der Waals surface area (Å²) in [5.74, 6) is 0. The summed E-state index contributed by atoms with van der Waals surface area (Å²) < 4.78 is 0. The molecule has 0 aliphatic carbocycles. The summed E-state index contributed by atoms with van der Waals surface area (Å²) in [5.41, 5.74) is -1.58. The van der Waals surface area contributed by atoms with E-state index in [0.717, 1.165) is 10.4 Å². The smallest absolute Gasteiger partial charge is 0.301 e. The van der Waals surface area contributed by atoms with Crippen LogP contribution in [0.15, 0.2) is 21.0 Å². The normalized spacial score (nSPS) is 11.0. The van der Waals surface area contributed by atoms with Gasteiger partial charge in [0.05, 0.1) is 4.92 Å². The van der Waals surface area contributed by atoms with Gasteiger partial charge in [0.1, 0.15) is 5.69 Å². The molecule has 0 unspecified atom stereocenters. The Hall–Kier alpha value is -2.48. The summed E-state index contributed by atoms with van der Waals surface area (Å²) in [4.78, 5) is 37.5. The third-order valence-corrected chi connectivity index (χ3v) is 3.42. The molecule has 2 N–H and O–H groups in total. The monoisotopic (exact) mass is 279 g/mol. The van der Waals surface area contributed by atoms with E-state index in [-0.39, 0.29) is 5.69 Å². The van der Waals surface area contributed by atoms with Crippen LogP contribution in [0, 0.1) is 17.0 Å². The largest absolute Gasteiger partial charge is 0.357 e. The average Bonchev–Trinajstić information content (AvgIpc) is 2.70. The van der Waals surface area contributed by atoms with Crippen LogP contribution < -0.4 is 11.2 Å². The lowest BCUT2D eigenvalue weighted by Gasteiger charge is -1.96. The van der Waals surface area contributed by atoms with Gasteiger partial charge in [-0.3, -0.25) is 19.9 Å². The number of hydrogen-bond acceptors (Lipinski definition) is 5. The number of nitrogens with zero attached hydrogens (tertiary/aromatic N) is 1. The standard InChI is InChI=1S/C11H9N3O4S/c1-6-4-5-19-8(6)3-2-7-9(14(17)18)10(15)13-11(16)12-7/h2-5H,1H3,(H2,12,13,15,16)/b3-2+. The molecule has 0 amide bonds. The maximum Gasteiger partial charge on any atom is 0.357 e. The van der Waals surface area contributed by atoms with Gasteiger partial charge in [-0.1, -0.05) is 0 Å². The quantitative estimate of drug-likeness (QED) is 0.655. The number of nitro groups is 1. The maximum atomic E-state index is 11.4. The molecular weight excluding hydrogens is 270 g/mol. The molecule has 8 heteroatoms. The Bertz CT molecular complexity index is 769. The molecule has 98 valence electrons. The van der Waals surface area contributed by atoms with Gasteiger partial charge in [-0.2, -0.15) is 0 Å². The van der Waals surface area contributed by atoms with Crippen LogP contribution in [0.2, 0.25) is 0 Å². The zero-order chi connectivity index (χ0) is 14.0. The number of aromatic nitrogens is 2. The zero-order valence-electron chi connectivity index (χ0n) is 9.80. The fraction of sp³-hybridized carbons (Fsp3) is 0.0909. The van der Waals surface area contributed by atoms with Gasteiger partial charge >= 0.3 is 16.9 Å². The molecule has 0 aliphatic heterocycles. The number of nitrogens with one attached hydrogen (secondary N) is 2. The fourth-order valence-corrected chi connectivity index (χ4v) is 2.33. The number of thiophene rings is 1. The Balaban J connectivity index is 2.54. The topological polar surface area (TPSA) is 109 Å². The first kappa shape index (κ1) is 13.0. The number of H-pyrrole nitrogens is 2. The second kappa shape index (κ2) is 5.02. The summed E-state index contributed by atoms with van der Waals surface area (Å²) in [6.07, 6.45) is 2.98. The van der Waals surface area contributed by atoms with E-state index in [2.05, 4.69) is 4.98 Å². The lowest BCUT2D eigenvalue weighted by Crippen LogP contribution is -2.25. The van der Waals surface area contributed by atoms with Crippen LogP contribution in [0.1, 0.15) is 16.1 Å². The molecule has 0 atom stereocenters. The van der Waals surface area contributed by atoms with Crippen molar-refractivity contribution in [1.82, 2.24) is 9.97 Å².